The first-order valence-electron chi connectivity index (χ1n) is 3.97. The van der Waals surface area contributed by atoms with Crippen LogP contribution in [-0.4, -0.2) is 11.1 Å². The monoisotopic (exact) mass is 197 g/mol. The first-order chi connectivity index (χ1) is 5.15. The molecule has 2 nitrogen and oxygen atoms in total. The first-order valence-corrected chi connectivity index (χ1v) is 5.95. The summed E-state index contributed by atoms with van der Waals surface area (Å²) in [5.41, 5.74) is 0. The second-order valence-electron chi connectivity index (χ2n) is 2.14. The fraction of sp³-hybridized carbons (Fsp3) is 0.875. The molecule has 0 aromatic carbocycles. The van der Waals surface area contributed by atoms with Crippen molar-refractivity contribution >= 4 is 5.97 Å². The zero-order valence-electron chi connectivity index (χ0n) is 7.63. The second-order valence-corrected chi connectivity index (χ2v) is 4.52. The van der Waals surface area contributed by atoms with Crippen LogP contribution in [0.4, 0.5) is 0 Å². The van der Waals surface area contributed by atoms with Gasteiger partial charge in [-0.2, -0.15) is 0 Å². The standard InChI is InChI=1S/C4H9.C2H4O2.C2H5.V/c1-3-4-2;1-2(3)4;1-2;/h1,3-4H2,2H3;1H3,(H,3,4);1H2,2H3;. The summed E-state index contributed by atoms with van der Waals surface area (Å²) in [7, 11) is 0. The molecule has 0 bridgehead atoms. The van der Waals surface area contributed by atoms with E-state index in [0.717, 1.165) is 23.2 Å². The van der Waals surface area contributed by atoms with Crippen LogP contribution in [0.2, 0.25) is 10.3 Å². The maximum atomic E-state index is 9.00. The van der Waals surface area contributed by atoms with E-state index in [1.807, 2.05) is 0 Å². The van der Waals surface area contributed by atoms with Crippen molar-refractivity contribution in [3.05, 3.63) is 0 Å². The fourth-order valence-corrected chi connectivity index (χ4v) is 1.76. The molecule has 0 aliphatic carbocycles. The van der Waals surface area contributed by atoms with Gasteiger partial charge in [0.2, 0.25) is 0 Å². The molecule has 0 fully saturated rings. The molecule has 0 heterocycles. The van der Waals surface area contributed by atoms with Crippen LogP contribution in [0.3, 0.4) is 0 Å². The minimum atomic E-state index is -0.833. The van der Waals surface area contributed by atoms with Gasteiger partial charge in [0.25, 0.3) is 5.97 Å². The SMILES string of the molecule is CC(=O)O.CCC[CH2][V][CH2]C. The second kappa shape index (κ2) is 12.7. The molecule has 0 unspecified atom stereocenters. The summed E-state index contributed by atoms with van der Waals surface area (Å²) in [5.74, 6) is -0.833. The van der Waals surface area contributed by atoms with Gasteiger partial charge < -0.3 is 5.11 Å². The van der Waals surface area contributed by atoms with Gasteiger partial charge >= 0.3 is 53.2 Å². The number of carboxylic acid groups (broad SMARTS) is 1. The van der Waals surface area contributed by atoms with Crippen LogP contribution in [0.1, 0.15) is 33.6 Å². The predicted octanol–water partition coefficient (Wildman–Crippen LogP) is 2.82. The van der Waals surface area contributed by atoms with E-state index in [4.69, 9.17) is 9.90 Å². The zero-order chi connectivity index (χ0) is 9.11. The van der Waals surface area contributed by atoms with Crippen molar-refractivity contribution in [3.63, 3.8) is 0 Å². The normalized spacial score (nSPS) is 7.91. The van der Waals surface area contributed by atoms with E-state index in [9.17, 15) is 0 Å². The van der Waals surface area contributed by atoms with Crippen LogP contribution >= 0.6 is 0 Å². The van der Waals surface area contributed by atoms with Gasteiger partial charge in [-0.25, -0.2) is 0 Å². The first kappa shape index (κ1) is 13.6. The molecule has 0 aliphatic rings. The van der Waals surface area contributed by atoms with Crippen molar-refractivity contribution in [1.82, 2.24) is 0 Å². The van der Waals surface area contributed by atoms with E-state index in [2.05, 4.69) is 13.8 Å². The van der Waals surface area contributed by atoms with E-state index in [1.165, 1.54) is 23.1 Å². The van der Waals surface area contributed by atoms with E-state index in [-0.39, 0.29) is 0 Å². The number of aliphatic carboxylic acids is 1. The van der Waals surface area contributed by atoms with Gasteiger partial charge in [-0.1, -0.05) is 0 Å². The Labute approximate surface area is 76.4 Å². The molecule has 0 atom stereocenters. The number of hydrogen-bond donors (Lipinski definition) is 1. The Balaban J connectivity index is 0. The van der Waals surface area contributed by atoms with Crippen molar-refractivity contribution in [2.75, 3.05) is 0 Å². The van der Waals surface area contributed by atoms with Gasteiger partial charge in [0.15, 0.2) is 0 Å². The van der Waals surface area contributed by atoms with Crippen molar-refractivity contribution < 1.29 is 26.2 Å². The quantitative estimate of drug-likeness (QED) is 0.703. The Kier molecular flexibility index (Phi) is 15.7. The molecule has 0 rings (SSSR count). The van der Waals surface area contributed by atoms with Gasteiger partial charge in [-0.15, -0.1) is 0 Å². The average molecular weight is 197 g/mol. The van der Waals surface area contributed by atoms with Crippen LogP contribution in [-0.2, 0) is 21.1 Å². The Hall–Kier alpha value is 0.0544. The van der Waals surface area contributed by atoms with E-state index >= 15 is 0 Å². The average Bonchev–Trinajstić information content (AvgIpc) is 1.88. The van der Waals surface area contributed by atoms with Crippen LogP contribution in [0, 0.1) is 0 Å². The van der Waals surface area contributed by atoms with Crippen LogP contribution in [0.5, 0.6) is 0 Å². The van der Waals surface area contributed by atoms with Gasteiger partial charge in [-0.3, -0.25) is 4.79 Å². The zero-order valence-corrected chi connectivity index (χ0v) is 9.03. The molecular weight excluding hydrogens is 179 g/mol. The topological polar surface area (TPSA) is 37.3 Å². The van der Waals surface area contributed by atoms with Gasteiger partial charge in [0.1, 0.15) is 0 Å². The molecule has 0 aromatic rings. The summed E-state index contributed by atoms with van der Waals surface area (Å²) in [5, 5.41) is 10.4. The third kappa shape index (κ3) is 39.7. The van der Waals surface area contributed by atoms with Crippen molar-refractivity contribution in [2.24, 2.45) is 0 Å². The third-order valence-electron chi connectivity index (χ3n) is 0.893. The molecule has 67 valence electrons. The van der Waals surface area contributed by atoms with Crippen LogP contribution < -0.4 is 0 Å². The molecule has 0 aliphatic heterocycles. The Morgan fingerprint density at radius 3 is 2.18 bits per heavy atom. The van der Waals surface area contributed by atoms with Gasteiger partial charge in [0, 0.05) is 6.92 Å². The molecule has 0 amide bonds. The Morgan fingerprint density at radius 2 is 1.91 bits per heavy atom. The summed E-state index contributed by atoms with van der Waals surface area (Å²) in [4.78, 5) is 9.00. The molecule has 3 heteroatoms. The number of unbranched alkanes of at least 4 members (excludes halogenated alkanes) is 1. The molecule has 0 aromatic heterocycles. The number of carboxylic acids is 1. The van der Waals surface area contributed by atoms with Gasteiger partial charge in [-0.05, 0) is 0 Å². The fourth-order valence-electron chi connectivity index (χ4n) is 0.428. The molecular formula is C8H18O2V. The predicted molar refractivity (Wildman–Crippen MR) is 43.5 cm³/mol. The summed E-state index contributed by atoms with van der Waals surface area (Å²) in [6.45, 7) is 5.63. The summed E-state index contributed by atoms with van der Waals surface area (Å²) < 4.78 is 0. The third-order valence-corrected chi connectivity index (χ3v) is 2.58. The maximum absolute atomic E-state index is 9.00. The molecule has 0 radical (unpaired) electrons. The van der Waals surface area contributed by atoms with Gasteiger partial charge in [0.05, 0.1) is 0 Å². The van der Waals surface area contributed by atoms with E-state index in [1.54, 1.807) is 0 Å². The summed E-state index contributed by atoms with van der Waals surface area (Å²) in [6, 6.07) is 0. The van der Waals surface area contributed by atoms with Crippen molar-refractivity contribution in [3.8, 4) is 0 Å². The molecule has 0 saturated carbocycles. The molecule has 0 saturated heterocycles. The summed E-state index contributed by atoms with van der Waals surface area (Å²) >= 11 is 0.740. The number of hydrogen-bond acceptors (Lipinski definition) is 1. The molecule has 1 N–H and O–H groups in total. The van der Waals surface area contributed by atoms with Crippen LogP contribution in [0.15, 0.2) is 0 Å². The molecule has 11 heavy (non-hydrogen) atoms. The van der Waals surface area contributed by atoms with Crippen LogP contribution in [0.25, 0.3) is 0 Å². The Bertz CT molecular complexity index is 76.2. The minimum absolute atomic E-state index is 0.740. The Morgan fingerprint density at radius 1 is 1.45 bits per heavy atom. The summed E-state index contributed by atoms with van der Waals surface area (Å²) in [6.07, 6.45) is 2.85. The van der Waals surface area contributed by atoms with Crippen molar-refractivity contribution in [1.29, 1.82) is 0 Å². The van der Waals surface area contributed by atoms with E-state index < -0.39 is 5.97 Å². The number of carbonyl (C=O) groups is 1. The molecule has 0 spiro atoms. The van der Waals surface area contributed by atoms with E-state index in [0.29, 0.717) is 0 Å². The van der Waals surface area contributed by atoms with Crippen molar-refractivity contribution in [2.45, 2.75) is 43.9 Å². The number of rotatable bonds is 4.